The van der Waals surface area contributed by atoms with Crippen LogP contribution in [0.3, 0.4) is 0 Å². The highest BCUT2D eigenvalue weighted by molar-refractivity contribution is 6.07. The van der Waals surface area contributed by atoms with Gasteiger partial charge in [-0.25, -0.2) is 0 Å². The minimum absolute atomic E-state index is 0.159. The zero-order valence-corrected chi connectivity index (χ0v) is 12.1. The molecule has 4 N–H and O–H groups in total. The Balaban J connectivity index is 1.95. The molecule has 0 aliphatic carbocycles. The van der Waals surface area contributed by atoms with E-state index in [1.54, 1.807) is 36.4 Å². The van der Waals surface area contributed by atoms with Crippen molar-refractivity contribution in [3.05, 3.63) is 59.7 Å². The monoisotopic (exact) mass is 298 g/mol. The fourth-order valence-corrected chi connectivity index (χ4v) is 2.10. The van der Waals surface area contributed by atoms with Gasteiger partial charge >= 0.3 is 5.97 Å². The third kappa shape index (κ3) is 4.34. The van der Waals surface area contributed by atoms with Gasteiger partial charge in [0.2, 0.25) is 0 Å². The van der Waals surface area contributed by atoms with E-state index in [0.29, 0.717) is 29.8 Å². The number of aryl methyl sites for hydroxylation is 1. The van der Waals surface area contributed by atoms with E-state index in [9.17, 15) is 9.59 Å². The number of carboxylic acids is 1. The maximum atomic E-state index is 12.1. The minimum atomic E-state index is -0.788. The van der Waals surface area contributed by atoms with Crippen molar-refractivity contribution in [2.45, 2.75) is 19.3 Å². The Bertz CT molecular complexity index is 666. The summed E-state index contributed by atoms with van der Waals surface area (Å²) < 4.78 is 0. The van der Waals surface area contributed by atoms with Gasteiger partial charge in [-0.05, 0) is 42.7 Å². The van der Waals surface area contributed by atoms with Gasteiger partial charge in [-0.1, -0.05) is 24.3 Å². The average Bonchev–Trinajstić information content (AvgIpc) is 2.49. The molecular formula is C17H18N2O3. The van der Waals surface area contributed by atoms with Crippen LogP contribution in [0.15, 0.2) is 48.5 Å². The molecule has 0 aliphatic rings. The highest BCUT2D eigenvalue weighted by Crippen LogP contribution is 2.16. The smallest absolute Gasteiger partial charge is 0.303 e. The molecule has 0 atom stereocenters. The molecule has 114 valence electrons. The number of para-hydroxylation sites is 1. The number of carbonyl (C=O) groups excluding carboxylic acids is 1. The van der Waals surface area contributed by atoms with Crippen molar-refractivity contribution in [1.82, 2.24) is 0 Å². The number of rotatable bonds is 6. The van der Waals surface area contributed by atoms with Gasteiger partial charge in [-0.2, -0.15) is 0 Å². The lowest BCUT2D eigenvalue weighted by molar-refractivity contribution is -0.137. The van der Waals surface area contributed by atoms with Crippen LogP contribution in [0.2, 0.25) is 0 Å². The molecule has 1 amide bonds. The molecule has 0 saturated carbocycles. The van der Waals surface area contributed by atoms with Crippen molar-refractivity contribution >= 4 is 23.3 Å². The van der Waals surface area contributed by atoms with Gasteiger partial charge in [-0.3, -0.25) is 9.59 Å². The molecule has 0 fully saturated rings. The first kappa shape index (κ1) is 15.6. The van der Waals surface area contributed by atoms with Crippen LogP contribution in [-0.2, 0) is 11.2 Å². The van der Waals surface area contributed by atoms with E-state index in [1.807, 2.05) is 12.1 Å². The summed E-state index contributed by atoms with van der Waals surface area (Å²) in [7, 11) is 0. The molecule has 22 heavy (non-hydrogen) atoms. The second-order valence-corrected chi connectivity index (χ2v) is 4.99. The Morgan fingerprint density at radius 2 is 1.73 bits per heavy atom. The van der Waals surface area contributed by atoms with Crippen LogP contribution in [0.4, 0.5) is 11.4 Å². The number of nitrogen functional groups attached to an aromatic ring is 1. The maximum absolute atomic E-state index is 12.1. The van der Waals surface area contributed by atoms with Crippen molar-refractivity contribution in [3.8, 4) is 0 Å². The van der Waals surface area contributed by atoms with Crippen LogP contribution < -0.4 is 11.1 Å². The maximum Gasteiger partial charge on any atom is 0.303 e. The normalized spacial score (nSPS) is 10.2. The van der Waals surface area contributed by atoms with Crippen LogP contribution in [0.5, 0.6) is 0 Å². The fraction of sp³-hybridized carbons (Fsp3) is 0.176. The van der Waals surface area contributed by atoms with E-state index < -0.39 is 5.97 Å². The lowest BCUT2D eigenvalue weighted by Crippen LogP contribution is -2.13. The first-order chi connectivity index (χ1) is 10.6. The van der Waals surface area contributed by atoms with Crippen molar-refractivity contribution in [2.75, 3.05) is 11.1 Å². The van der Waals surface area contributed by atoms with Crippen LogP contribution >= 0.6 is 0 Å². The van der Waals surface area contributed by atoms with Gasteiger partial charge in [-0.15, -0.1) is 0 Å². The molecule has 5 nitrogen and oxygen atoms in total. The van der Waals surface area contributed by atoms with Gasteiger partial charge in [0, 0.05) is 17.8 Å². The molecular weight excluding hydrogens is 280 g/mol. The van der Waals surface area contributed by atoms with Crippen molar-refractivity contribution in [1.29, 1.82) is 0 Å². The summed E-state index contributed by atoms with van der Waals surface area (Å²) in [5.74, 6) is -1.04. The van der Waals surface area contributed by atoms with Gasteiger partial charge in [0.25, 0.3) is 5.91 Å². The highest BCUT2D eigenvalue weighted by atomic mass is 16.4. The van der Waals surface area contributed by atoms with Crippen molar-refractivity contribution in [2.24, 2.45) is 0 Å². The second kappa shape index (κ2) is 7.26. The number of aliphatic carboxylic acids is 1. The first-order valence-corrected chi connectivity index (χ1v) is 7.03. The van der Waals surface area contributed by atoms with E-state index >= 15 is 0 Å². The summed E-state index contributed by atoms with van der Waals surface area (Å²) in [4.78, 5) is 22.6. The second-order valence-electron chi connectivity index (χ2n) is 4.99. The highest BCUT2D eigenvalue weighted by Gasteiger charge is 2.09. The molecule has 0 heterocycles. The van der Waals surface area contributed by atoms with E-state index in [0.717, 1.165) is 5.56 Å². The number of anilines is 2. The Labute approximate surface area is 128 Å². The largest absolute Gasteiger partial charge is 0.481 e. The van der Waals surface area contributed by atoms with E-state index in [-0.39, 0.29) is 12.3 Å². The predicted octanol–water partition coefficient (Wildman–Crippen LogP) is 2.93. The number of hydrogen-bond acceptors (Lipinski definition) is 3. The third-order valence-corrected chi connectivity index (χ3v) is 3.27. The molecule has 0 aromatic heterocycles. The summed E-state index contributed by atoms with van der Waals surface area (Å²) in [6.45, 7) is 0. The molecule has 0 radical (unpaired) electrons. The quantitative estimate of drug-likeness (QED) is 0.715. The first-order valence-electron chi connectivity index (χ1n) is 7.03. The third-order valence-electron chi connectivity index (χ3n) is 3.27. The standard InChI is InChI=1S/C17H18N2O3/c18-15-6-2-1-5-14(15)17(22)19-13-10-8-12(9-11-13)4-3-7-16(20)21/h1-2,5-6,8-11H,3-4,7,18H2,(H,19,22)(H,20,21). The molecule has 2 rings (SSSR count). The van der Waals surface area contributed by atoms with Crippen LogP contribution in [-0.4, -0.2) is 17.0 Å². The fourth-order valence-electron chi connectivity index (χ4n) is 2.10. The summed E-state index contributed by atoms with van der Waals surface area (Å²) >= 11 is 0. The summed E-state index contributed by atoms with van der Waals surface area (Å²) in [6.07, 6.45) is 1.46. The number of nitrogens with two attached hydrogens (primary N) is 1. The molecule has 0 saturated heterocycles. The van der Waals surface area contributed by atoms with Gasteiger partial charge in [0.05, 0.1) is 5.56 Å². The predicted molar refractivity (Wildman–Crippen MR) is 85.8 cm³/mol. The Morgan fingerprint density at radius 1 is 1.05 bits per heavy atom. The van der Waals surface area contributed by atoms with Gasteiger partial charge < -0.3 is 16.2 Å². The lowest BCUT2D eigenvalue weighted by Gasteiger charge is -2.08. The molecule has 2 aromatic rings. The van der Waals surface area contributed by atoms with E-state index in [4.69, 9.17) is 10.8 Å². The molecule has 5 heteroatoms. The number of carbonyl (C=O) groups is 2. The molecule has 0 unspecified atom stereocenters. The zero-order valence-electron chi connectivity index (χ0n) is 12.1. The Morgan fingerprint density at radius 3 is 2.36 bits per heavy atom. The van der Waals surface area contributed by atoms with Gasteiger partial charge in [0.15, 0.2) is 0 Å². The van der Waals surface area contributed by atoms with Crippen molar-refractivity contribution in [3.63, 3.8) is 0 Å². The molecule has 0 aliphatic heterocycles. The minimum Gasteiger partial charge on any atom is -0.481 e. The van der Waals surface area contributed by atoms with Crippen LogP contribution in [0.1, 0.15) is 28.8 Å². The number of amides is 1. The van der Waals surface area contributed by atoms with Crippen LogP contribution in [0, 0.1) is 0 Å². The number of hydrogen-bond donors (Lipinski definition) is 3. The van der Waals surface area contributed by atoms with E-state index in [2.05, 4.69) is 5.32 Å². The topological polar surface area (TPSA) is 92.4 Å². The number of carboxylic acid groups (broad SMARTS) is 1. The number of nitrogens with one attached hydrogen (secondary N) is 1. The van der Waals surface area contributed by atoms with Crippen LogP contribution in [0.25, 0.3) is 0 Å². The zero-order chi connectivity index (χ0) is 15.9. The van der Waals surface area contributed by atoms with E-state index in [1.165, 1.54) is 0 Å². The summed E-state index contributed by atoms with van der Waals surface area (Å²) in [6, 6.07) is 14.2. The molecule has 2 aromatic carbocycles. The van der Waals surface area contributed by atoms with Gasteiger partial charge in [0.1, 0.15) is 0 Å². The Kier molecular flexibility index (Phi) is 5.14. The number of benzene rings is 2. The molecule has 0 bridgehead atoms. The Hall–Kier alpha value is -2.82. The SMILES string of the molecule is Nc1ccccc1C(=O)Nc1ccc(CCCC(=O)O)cc1. The summed E-state index contributed by atoms with van der Waals surface area (Å²) in [5, 5.41) is 11.4. The average molecular weight is 298 g/mol. The van der Waals surface area contributed by atoms with Crippen molar-refractivity contribution < 1.29 is 14.7 Å². The lowest BCUT2D eigenvalue weighted by atomic mass is 10.1. The summed E-state index contributed by atoms with van der Waals surface area (Å²) in [5.41, 5.74) is 8.36. The molecule has 0 spiro atoms.